The van der Waals surface area contributed by atoms with Crippen LogP contribution in [0.25, 0.3) is 0 Å². The lowest BCUT2D eigenvalue weighted by Gasteiger charge is -2.27. The Kier molecular flexibility index (Phi) is 4.85. The maximum atomic E-state index is 4.27. The van der Waals surface area contributed by atoms with Crippen LogP contribution in [0, 0.1) is 5.41 Å². The molecule has 0 aliphatic rings. The summed E-state index contributed by atoms with van der Waals surface area (Å²) >= 11 is 0. The first-order valence-electron chi connectivity index (χ1n) is 7.08. The number of rotatable bonds is 5. The number of nitrogens with zero attached hydrogens (tertiary/aromatic N) is 2. The van der Waals surface area contributed by atoms with Gasteiger partial charge in [0.25, 0.3) is 0 Å². The van der Waals surface area contributed by atoms with Gasteiger partial charge < -0.3 is 5.32 Å². The Morgan fingerprint density at radius 2 is 1.85 bits per heavy atom. The molecule has 106 valence electrons. The molecule has 1 unspecified atom stereocenters. The number of benzene rings is 1. The molecule has 0 aliphatic carbocycles. The lowest BCUT2D eigenvalue weighted by atomic mass is 9.85. The molecule has 0 saturated heterocycles. The molecule has 20 heavy (non-hydrogen) atoms. The molecule has 2 aromatic rings. The summed E-state index contributed by atoms with van der Waals surface area (Å²) in [7, 11) is 0. The Morgan fingerprint density at radius 3 is 2.45 bits per heavy atom. The lowest BCUT2D eigenvalue weighted by Crippen LogP contribution is -2.25. The van der Waals surface area contributed by atoms with Gasteiger partial charge in [-0.05, 0) is 23.5 Å². The summed E-state index contributed by atoms with van der Waals surface area (Å²) in [5.41, 5.74) is 2.63. The van der Waals surface area contributed by atoms with Crippen LogP contribution in [0.5, 0.6) is 0 Å². The van der Waals surface area contributed by atoms with E-state index < -0.39 is 0 Å². The summed E-state index contributed by atoms with van der Waals surface area (Å²) in [4.78, 5) is 8.22. The monoisotopic (exact) mass is 269 g/mol. The molecule has 1 N–H and O–H groups in total. The van der Waals surface area contributed by atoms with Gasteiger partial charge in [0.1, 0.15) is 6.33 Å². The summed E-state index contributed by atoms with van der Waals surface area (Å²) in [6.07, 6.45) is 4.46. The molecular weight excluding hydrogens is 246 g/mol. The van der Waals surface area contributed by atoms with E-state index in [1.165, 1.54) is 5.56 Å². The van der Waals surface area contributed by atoms with E-state index in [-0.39, 0.29) is 5.41 Å². The van der Waals surface area contributed by atoms with Crippen molar-refractivity contribution in [2.75, 3.05) is 0 Å². The molecule has 0 spiro atoms. The minimum atomic E-state index is 0.277. The zero-order valence-corrected chi connectivity index (χ0v) is 12.5. The van der Waals surface area contributed by atoms with Crippen LogP contribution in [-0.4, -0.2) is 9.97 Å². The van der Waals surface area contributed by atoms with Crippen molar-refractivity contribution >= 4 is 0 Å². The van der Waals surface area contributed by atoms with E-state index >= 15 is 0 Å². The first kappa shape index (κ1) is 14.7. The molecule has 3 nitrogen and oxygen atoms in total. The average Bonchev–Trinajstić information content (AvgIpc) is 2.44. The number of hydrogen-bond acceptors (Lipinski definition) is 3. The second kappa shape index (κ2) is 6.62. The van der Waals surface area contributed by atoms with Crippen molar-refractivity contribution in [1.29, 1.82) is 0 Å². The van der Waals surface area contributed by atoms with Crippen LogP contribution in [0.2, 0.25) is 0 Å². The summed E-state index contributed by atoms with van der Waals surface area (Å²) in [6, 6.07) is 12.9. The third-order valence-corrected chi connectivity index (χ3v) is 3.19. The topological polar surface area (TPSA) is 37.8 Å². The molecule has 1 heterocycles. The van der Waals surface area contributed by atoms with Crippen molar-refractivity contribution in [2.45, 2.75) is 39.8 Å². The van der Waals surface area contributed by atoms with Gasteiger partial charge in [0.2, 0.25) is 0 Å². The van der Waals surface area contributed by atoms with Crippen LogP contribution in [0.4, 0.5) is 0 Å². The van der Waals surface area contributed by atoms with E-state index in [4.69, 9.17) is 0 Å². The molecule has 1 aromatic heterocycles. The van der Waals surface area contributed by atoms with Crippen molar-refractivity contribution in [1.82, 2.24) is 15.3 Å². The quantitative estimate of drug-likeness (QED) is 0.898. The fourth-order valence-electron chi connectivity index (χ4n) is 2.26. The number of hydrogen-bond donors (Lipinski definition) is 1. The number of nitrogens with one attached hydrogen (secondary N) is 1. The maximum Gasteiger partial charge on any atom is 0.115 e. The van der Waals surface area contributed by atoms with Gasteiger partial charge in [-0.1, -0.05) is 51.1 Å². The van der Waals surface area contributed by atoms with Crippen molar-refractivity contribution in [3.8, 4) is 0 Å². The van der Waals surface area contributed by atoms with E-state index in [0.717, 1.165) is 18.7 Å². The molecule has 0 aliphatic heterocycles. The fraction of sp³-hybridized carbons (Fsp3) is 0.412. The van der Waals surface area contributed by atoms with Gasteiger partial charge in [-0.25, -0.2) is 9.97 Å². The van der Waals surface area contributed by atoms with Gasteiger partial charge in [-0.2, -0.15) is 0 Å². The highest BCUT2D eigenvalue weighted by Gasteiger charge is 2.19. The molecule has 2 rings (SSSR count). The molecule has 0 fully saturated rings. The van der Waals surface area contributed by atoms with Crippen LogP contribution >= 0.6 is 0 Å². The Bertz CT molecular complexity index is 503. The van der Waals surface area contributed by atoms with Crippen molar-refractivity contribution in [2.24, 2.45) is 5.41 Å². The van der Waals surface area contributed by atoms with Gasteiger partial charge in [-0.3, -0.25) is 0 Å². The summed E-state index contributed by atoms with van der Waals surface area (Å²) in [6.45, 7) is 7.58. The van der Waals surface area contributed by atoms with Gasteiger partial charge in [0.15, 0.2) is 0 Å². The van der Waals surface area contributed by atoms with E-state index in [9.17, 15) is 0 Å². The molecule has 1 aromatic carbocycles. The lowest BCUT2D eigenvalue weighted by molar-refractivity contribution is 0.309. The van der Waals surface area contributed by atoms with Crippen LogP contribution in [0.15, 0.2) is 48.9 Å². The van der Waals surface area contributed by atoms with Crippen molar-refractivity contribution in [3.05, 3.63) is 60.2 Å². The number of aromatic nitrogens is 2. The molecule has 1 atom stereocenters. The minimum Gasteiger partial charge on any atom is -0.304 e. The first-order chi connectivity index (χ1) is 9.54. The van der Waals surface area contributed by atoms with E-state index in [2.05, 4.69) is 66.4 Å². The van der Waals surface area contributed by atoms with Gasteiger partial charge in [0, 0.05) is 18.8 Å². The maximum absolute atomic E-state index is 4.27. The predicted molar refractivity (Wildman–Crippen MR) is 82.1 cm³/mol. The highest BCUT2D eigenvalue weighted by molar-refractivity contribution is 5.19. The van der Waals surface area contributed by atoms with Gasteiger partial charge in [0.05, 0.1) is 5.69 Å². The third-order valence-electron chi connectivity index (χ3n) is 3.19. The van der Waals surface area contributed by atoms with E-state index in [1.54, 1.807) is 12.5 Å². The standard InChI is InChI=1S/C17H23N3/c1-17(2,3)11-16(14-7-5-4-6-8-14)19-12-15-9-10-18-13-20-15/h4-10,13,16,19H,11-12H2,1-3H3. The molecule has 0 saturated carbocycles. The Labute approximate surface area is 121 Å². The summed E-state index contributed by atoms with van der Waals surface area (Å²) in [5.74, 6) is 0. The first-order valence-corrected chi connectivity index (χ1v) is 7.08. The van der Waals surface area contributed by atoms with E-state index in [0.29, 0.717) is 6.04 Å². The minimum absolute atomic E-state index is 0.277. The largest absolute Gasteiger partial charge is 0.304 e. The smallest absolute Gasteiger partial charge is 0.115 e. The molecule has 0 radical (unpaired) electrons. The second-order valence-electron chi connectivity index (χ2n) is 6.31. The zero-order valence-electron chi connectivity index (χ0n) is 12.5. The van der Waals surface area contributed by atoms with E-state index in [1.807, 2.05) is 6.07 Å². The average molecular weight is 269 g/mol. The fourth-order valence-corrected chi connectivity index (χ4v) is 2.26. The normalized spacial score (nSPS) is 13.2. The summed E-state index contributed by atoms with van der Waals surface area (Å²) < 4.78 is 0. The molecule has 0 amide bonds. The Hall–Kier alpha value is -1.74. The van der Waals surface area contributed by atoms with Crippen molar-refractivity contribution in [3.63, 3.8) is 0 Å². The van der Waals surface area contributed by atoms with Crippen LogP contribution in [0.3, 0.4) is 0 Å². The zero-order chi connectivity index (χ0) is 14.4. The highest BCUT2D eigenvalue weighted by atomic mass is 14.9. The molecule has 3 heteroatoms. The Morgan fingerprint density at radius 1 is 1.10 bits per heavy atom. The summed E-state index contributed by atoms with van der Waals surface area (Å²) in [5, 5.41) is 3.62. The third kappa shape index (κ3) is 4.74. The molecular formula is C17H23N3. The van der Waals surface area contributed by atoms with Crippen molar-refractivity contribution < 1.29 is 0 Å². The Balaban J connectivity index is 2.07. The van der Waals surface area contributed by atoms with Gasteiger partial charge >= 0.3 is 0 Å². The van der Waals surface area contributed by atoms with Crippen LogP contribution in [0.1, 0.15) is 44.5 Å². The predicted octanol–water partition coefficient (Wildman–Crippen LogP) is 3.74. The SMILES string of the molecule is CC(C)(C)CC(NCc1ccncn1)c1ccccc1. The van der Waals surface area contributed by atoms with Gasteiger partial charge in [-0.15, -0.1) is 0 Å². The highest BCUT2D eigenvalue weighted by Crippen LogP contribution is 2.29. The van der Waals surface area contributed by atoms with Crippen LogP contribution in [-0.2, 0) is 6.54 Å². The second-order valence-corrected chi connectivity index (χ2v) is 6.31. The molecule has 0 bridgehead atoms. The van der Waals surface area contributed by atoms with Crippen LogP contribution < -0.4 is 5.32 Å².